The van der Waals surface area contributed by atoms with Crippen LogP contribution in [0, 0.1) is 0 Å². The number of aliphatic hydroxyl groups excluding tert-OH is 1. The number of allylic oxidation sites excluding steroid dienone is 1. The zero-order chi connectivity index (χ0) is 10.6. The number of primary amides is 1. The van der Waals surface area contributed by atoms with Crippen molar-refractivity contribution < 1.29 is 9.90 Å². The fourth-order valence-electron chi connectivity index (χ4n) is 1.78. The Kier molecular flexibility index (Phi) is 3.95. The van der Waals surface area contributed by atoms with Crippen molar-refractivity contribution in [2.24, 2.45) is 5.73 Å². The molecular weight excluding hydrogens is 180 g/mol. The number of nitrogens with one attached hydrogen (secondary N) is 1. The molecule has 0 unspecified atom stereocenters. The lowest BCUT2D eigenvalue weighted by molar-refractivity contribution is -0.115. The number of hydrogen-bond acceptors (Lipinski definition) is 3. The number of amides is 1. The van der Waals surface area contributed by atoms with E-state index in [-0.39, 0.29) is 12.1 Å². The summed E-state index contributed by atoms with van der Waals surface area (Å²) in [5, 5.41) is 12.6. The molecule has 1 amide bonds. The van der Waals surface area contributed by atoms with Crippen molar-refractivity contribution in [1.29, 1.82) is 0 Å². The Balaban J connectivity index is 2.53. The van der Waals surface area contributed by atoms with Crippen LogP contribution in [0.5, 0.6) is 0 Å². The van der Waals surface area contributed by atoms with E-state index in [9.17, 15) is 9.90 Å². The van der Waals surface area contributed by atoms with E-state index in [1.165, 1.54) is 0 Å². The molecule has 1 fully saturated rings. The maximum absolute atomic E-state index is 10.9. The molecule has 0 aromatic heterocycles. The third-order valence-corrected chi connectivity index (χ3v) is 2.62. The molecule has 0 radical (unpaired) electrons. The first kappa shape index (κ1) is 11.0. The van der Waals surface area contributed by atoms with Crippen molar-refractivity contribution in [3.05, 3.63) is 11.8 Å². The standard InChI is InChI=1S/C10H18N2O2/c1-2-7(10(11)14)12-8-5-3-4-6-9(8)13/h2,8-9,12-13H,3-6H2,1H3,(H2,11,14)/t8-,9-/m0/s1. The molecule has 1 aliphatic carbocycles. The number of rotatable bonds is 3. The van der Waals surface area contributed by atoms with E-state index in [1.54, 1.807) is 13.0 Å². The van der Waals surface area contributed by atoms with Crippen LogP contribution in [0.4, 0.5) is 0 Å². The van der Waals surface area contributed by atoms with Crippen LogP contribution in [0.15, 0.2) is 11.8 Å². The molecule has 0 bridgehead atoms. The Hall–Kier alpha value is -1.03. The maximum Gasteiger partial charge on any atom is 0.264 e. The minimum atomic E-state index is -0.467. The Morgan fingerprint density at radius 1 is 1.50 bits per heavy atom. The minimum Gasteiger partial charge on any atom is -0.391 e. The number of aliphatic hydroxyl groups is 1. The first-order valence-electron chi connectivity index (χ1n) is 5.06. The summed E-state index contributed by atoms with van der Waals surface area (Å²) in [7, 11) is 0. The zero-order valence-electron chi connectivity index (χ0n) is 8.49. The highest BCUT2D eigenvalue weighted by molar-refractivity contribution is 5.91. The molecule has 0 spiro atoms. The lowest BCUT2D eigenvalue weighted by Crippen LogP contribution is -2.44. The van der Waals surface area contributed by atoms with Crippen LogP contribution in [-0.4, -0.2) is 23.2 Å². The Labute approximate surface area is 84.2 Å². The van der Waals surface area contributed by atoms with Crippen molar-refractivity contribution in [3.63, 3.8) is 0 Å². The third kappa shape index (κ3) is 2.73. The van der Waals surface area contributed by atoms with E-state index in [0.29, 0.717) is 5.70 Å². The molecular formula is C10H18N2O2. The van der Waals surface area contributed by atoms with E-state index in [0.717, 1.165) is 25.7 Å². The molecule has 4 nitrogen and oxygen atoms in total. The fourth-order valence-corrected chi connectivity index (χ4v) is 1.78. The second-order valence-corrected chi connectivity index (χ2v) is 3.67. The minimum absolute atomic E-state index is 0.0255. The van der Waals surface area contributed by atoms with E-state index in [1.807, 2.05) is 0 Å². The van der Waals surface area contributed by atoms with Gasteiger partial charge >= 0.3 is 0 Å². The molecule has 0 saturated heterocycles. The van der Waals surface area contributed by atoms with Gasteiger partial charge in [0.1, 0.15) is 0 Å². The molecule has 0 aromatic rings. The number of nitrogens with two attached hydrogens (primary N) is 1. The van der Waals surface area contributed by atoms with Crippen LogP contribution in [0.1, 0.15) is 32.6 Å². The zero-order valence-corrected chi connectivity index (χ0v) is 8.49. The van der Waals surface area contributed by atoms with Gasteiger partial charge in [0.25, 0.3) is 5.91 Å². The van der Waals surface area contributed by atoms with Gasteiger partial charge in [-0.05, 0) is 19.8 Å². The summed E-state index contributed by atoms with van der Waals surface area (Å²) in [6, 6.07) is -0.0255. The lowest BCUT2D eigenvalue weighted by atomic mass is 9.92. The molecule has 14 heavy (non-hydrogen) atoms. The summed E-state index contributed by atoms with van der Waals surface area (Å²) in [4.78, 5) is 10.9. The van der Waals surface area contributed by atoms with Gasteiger partial charge in [0.15, 0.2) is 0 Å². The Bertz CT molecular complexity index is 238. The van der Waals surface area contributed by atoms with Gasteiger partial charge in [0.2, 0.25) is 0 Å². The SMILES string of the molecule is CC=C(N[C@H]1CCCC[C@@H]1O)C(N)=O. The summed E-state index contributed by atoms with van der Waals surface area (Å²) in [5.74, 6) is -0.467. The monoisotopic (exact) mass is 198 g/mol. The van der Waals surface area contributed by atoms with Crippen LogP contribution in [0.3, 0.4) is 0 Å². The van der Waals surface area contributed by atoms with Crippen LogP contribution in [-0.2, 0) is 4.79 Å². The first-order valence-corrected chi connectivity index (χ1v) is 5.06. The molecule has 0 heterocycles. The van der Waals surface area contributed by atoms with Crippen LogP contribution in [0.2, 0.25) is 0 Å². The van der Waals surface area contributed by atoms with Crippen molar-refractivity contribution in [2.75, 3.05) is 0 Å². The largest absolute Gasteiger partial charge is 0.391 e. The summed E-state index contributed by atoms with van der Waals surface area (Å²) in [6.07, 6.45) is 5.12. The van der Waals surface area contributed by atoms with Crippen molar-refractivity contribution in [2.45, 2.75) is 44.8 Å². The van der Waals surface area contributed by atoms with Gasteiger partial charge in [0.05, 0.1) is 17.8 Å². The lowest BCUT2D eigenvalue weighted by Gasteiger charge is -2.29. The van der Waals surface area contributed by atoms with Crippen molar-refractivity contribution in [1.82, 2.24) is 5.32 Å². The molecule has 80 valence electrons. The Morgan fingerprint density at radius 3 is 2.64 bits per heavy atom. The smallest absolute Gasteiger partial charge is 0.264 e. The highest BCUT2D eigenvalue weighted by Crippen LogP contribution is 2.19. The first-order chi connectivity index (χ1) is 6.65. The van der Waals surface area contributed by atoms with Crippen LogP contribution >= 0.6 is 0 Å². The van der Waals surface area contributed by atoms with Gasteiger partial charge in [-0.2, -0.15) is 0 Å². The maximum atomic E-state index is 10.9. The highest BCUT2D eigenvalue weighted by atomic mass is 16.3. The highest BCUT2D eigenvalue weighted by Gasteiger charge is 2.23. The van der Waals surface area contributed by atoms with Gasteiger partial charge in [0, 0.05) is 0 Å². The number of carbonyl (C=O) groups excluding carboxylic acids is 1. The van der Waals surface area contributed by atoms with E-state index >= 15 is 0 Å². The molecule has 1 rings (SSSR count). The predicted molar refractivity (Wildman–Crippen MR) is 54.3 cm³/mol. The summed E-state index contributed by atoms with van der Waals surface area (Å²) >= 11 is 0. The van der Waals surface area contributed by atoms with Crippen molar-refractivity contribution >= 4 is 5.91 Å². The molecule has 0 aliphatic heterocycles. The second-order valence-electron chi connectivity index (χ2n) is 3.67. The molecule has 2 atom stereocenters. The molecule has 4 N–H and O–H groups in total. The number of hydrogen-bond donors (Lipinski definition) is 3. The van der Waals surface area contributed by atoms with E-state index in [2.05, 4.69) is 5.32 Å². The third-order valence-electron chi connectivity index (χ3n) is 2.62. The summed E-state index contributed by atoms with van der Waals surface area (Å²) in [6.45, 7) is 1.75. The quantitative estimate of drug-likeness (QED) is 0.570. The topological polar surface area (TPSA) is 75.3 Å². The van der Waals surface area contributed by atoms with Gasteiger partial charge in [-0.3, -0.25) is 4.79 Å². The van der Waals surface area contributed by atoms with Gasteiger partial charge < -0.3 is 16.2 Å². The molecule has 1 saturated carbocycles. The van der Waals surface area contributed by atoms with Gasteiger partial charge in [-0.25, -0.2) is 0 Å². The Morgan fingerprint density at radius 2 is 2.14 bits per heavy atom. The summed E-state index contributed by atoms with van der Waals surface area (Å²) < 4.78 is 0. The van der Waals surface area contributed by atoms with Gasteiger partial charge in [-0.15, -0.1) is 0 Å². The molecule has 0 aromatic carbocycles. The molecule has 4 heteroatoms. The van der Waals surface area contributed by atoms with Crippen LogP contribution < -0.4 is 11.1 Å². The van der Waals surface area contributed by atoms with Crippen LogP contribution in [0.25, 0.3) is 0 Å². The van der Waals surface area contributed by atoms with E-state index in [4.69, 9.17) is 5.73 Å². The molecule has 1 aliphatic rings. The summed E-state index contributed by atoms with van der Waals surface area (Å²) in [5.41, 5.74) is 5.56. The average Bonchev–Trinajstić information content (AvgIpc) is 2.16. The second kappa shape index (κ2) is 5.00. The number of carbonyl (C=O) groups is 1. The van der Waals surface area contributed by atoms with Crippen molar-refractivity contribution in [3.8, 4) is 0 Å². The normalized spacial score (nSPS) is 28.6. The average molecular weight is 198 g/mol. The van der Waals surface area contributed by atoms with Gasteiger partial charge in [-0.1, -0.05) is 18.9 Å². The predicted octanol–water partition coefficient (Wildman–Crippen LogP) is 0.269. The fraction of sp³-hybridized carbons (Fsp3) is 0.700. The van der Waals surface area contributed by atoms with E-state index < -0.39 is 5.91 Å².